The van der Waals surface area contributed by atoms with E-state index < -0.39 is 0 Å². The predicted octanol–water partition coefficient (Wildman–Crippen LogP) is 4.64. The van der Waals surface area contributed by atoms with E-state index in [-0.39, 0.29) is 37.3 Å². The molecule has 2 rings (SSSR count). The maximum absolute atomic E-state index is 5.46. The van der Waals surface area contributed by atoms with Gasteiger partial charge < -0.3 is 11.9 Å². The zero-order valence-corrected chi connectivity index (χ0v) is 19.2. The van der Waals surface area contributed by atoms with Crippen LogP contribution in [0.5, 0.6) is 0 Å². The van der Waals surface area contributed by atoms with E-state index in [1.807, 2.05) is 32.0 Å². The molecule has 132 valence electrons. The molecule has 0 spiro atoms. The van der Waals surface area contributed by atoms with Crippen molar-refractivity contribution in [1.82, 2.24) is 0 Å². The molecule has 2 aromatic carbocycles. The number of anilines is 1. The van der Waals surface area contributed by atoms with Gasteiger partial charge in [-0.1, -0.05) is 17.3 Å². The smallest absolute Gasteiger partial charge is 0.693 e. The summed E-state index contributed by atoms with van der Waals surface area (Å²) in [6, 6.07) is 11.4. The molecule has 0 saturated heterocycles. The first-order valence-corrected chi connectivity index (χ1v) is 7.59. The van der Waals surface area contributed by atoms with Gasteiger partial charge in [0.1, 0.15) is 0 Å². The maximum Gasteiger partial charge on any atom is 2.00 e. The number of hydrogen-bond donors (Lipinski definition) is 2. The molecule has 0 fully saturated rings. The van der Waals surface area contributed by atoms with E-state index in [4.69, 9.17) is 12.3 Å². The second-order valence-corrected chi connectivity index (χ2v) is 5.41. The number of hydrogen-bond acceptors (Lipinski definition) is 3. The Morgan fingerprint density at radius 3 is 2.65 bits per heavy atom. The molecule has 0 aliphatic carbocycles. The van der Waals surface area contributed by atoms with Gasteiger partial charge in [0, 0.05) is 13.1 Å². The van der Waals surface area contributed by atoms with Crippen molar-refractivity contribution in [2.75, 3.05) is 12.0 Å². The number of rotatable bonds is 6. The zero-order chi connectivity index (χ0) is 17.5. The molecule has 5 N–H and O–H groups in total. The van der Waals surface area contributed by atoms with Crippen LogP contribution in [0.25, 0.3) is 22.1 Å². The molecule has 26 heavy (non-hydrogen) atoms. The Kier molecular flexibility index (Phi) is 10.6. The fraction of sp³-hybridized carbons (Fsp3) is 0.211. The van der Waals surface area contributed by atoms with Crippen molar-refractivity contribution in [3.63, 3.8) is 0 Å². The molecular formula is C19H23N6U+. The van der Waals surface area contributed by atoms with Crippen LogP contribution in [0.3, 0.4) is 0 Å². The van der Waals surface area contributed by atoms with E-state index >= 15 is 0 Å². The van der Waals surface area contributed by atoms with Crippen molar-refractivity contribution >= 4 is 24.4 Å². The van der Waals surface area contributed by atoms with Crippen LogP contribution in [0.2, 0.25) is 0 Å². The van der Waals surface area contributed by atoms with E-state index in [9.17, 15) is 0 Å². The molecule has 0 saturated carbocycles. The number of nitrogens with two attached hydrogens (primary N) is 2. The Hall–Kier alpha value is -2.12. The van der Waals surface area contributed by atoms with Gasteiger partial charge in [0.2, 0.25) is 0 Å². The average molecular weight is 573 g/mol. The Balaban J connectivity index is 0.00000312. The Labute approximate surface area is 178 Å². The summed E-state index contributed by atoms with van der Waals surface area (Å²) in [6.07, 6.45) is 2.07. The molecule has 0 aliphatic rings. The van der Waals surface area contributed by atoms with Crippen LogP contribution < -0.4 is 11.2 Å². The third kappa shape index (κ3) is 5.71. The van der Waals surface area contributed by atoms with Crippen LogP contribution in [0, 0.1) is 57.6 Å². The summed E-state index contributed by atoms with van der Waals surface area (Å²) in [5, 5.41) is 3.76. The van der Waals surface area contributed by atoms with Gasteiger partial charge in [0.05, 0.1) is 17.7 Å². The largest absolute Gasteiger partial charge is 2.00 e. The summed E-state index contributed by atoms with van der Waals surface area (Å²) >= 11 is 0. The summed E-state index contributed by atoms with van der Waals surface area (Å²) in [4.78, 5) is 7.92. The first-order valence-electron chi connectivity index (χ1n) is 7.59. The molecule has 0 aromatic heterocycles. The average Bonchev–Trinajstić information content (AvgIpc) is 2.58. The normalized spacial score (nSPS) is 9.73. The zero-order valence-electron chi connectivity index (χ0n) is 15.1. The number of nitrogens with zero attached hydrogens (tertiary/aromatic N) is 3. The van der Waals surface area contributed by atoms with Crippen LogP contribution in [0.1, 0.15) is 16.7 Å². The molecule has 7 heteroatoms. The van der Waals surface area contributed by atoms with E-state index in [2.05, 4.69) is 39.2 Å². The van der Waals surface area contributed by atoms with Gasteiger partial charge in [-0.25, -0.2) is 4.99 Å². The minimum Gasteiger partial charge on any atom is -0.693 e. The number of nitrogens with one attached hydrogen (secondary N) is 1. The number of benzene rings is 2. The van der Waals surface area contributed by atoms with Crippen molar-refractivity contribution in [2.24, 2.45) is 15.8 Å². The van der Waals surface area contributed by atoms with Gasteiger partial charge in [0.15, 0.2) is 0 Å². The minimum atomic E-state index is 0. The monoisotopic (exact) mass is 573 g/mol. The second kappa shape index (κ2) is 11.5. The van der Waals surface area contributed by atoms with Crippen LogP contribution >= 0.6 is 0 Å². The van der Waals surface area contributed by atoms with Gasteiger partial charge in [-0.2, -0.15) is 28.9 Å². The third-order valence-corrected chi connectivity index (χ3v) is 3.89. The molecule has 0 radical (unpaired) electrons. The fourth-order valence-corrected chi connectivity index (χ4v) is 2.51. The molecule has 0 aliphatic heterocycles. The minimum absolute atomic E-state index is 0. The molecule has 0 unspecified atom stereocenters. The first-order chi connectivity index (χ1) is 11.6. The van der Waals surface area contributed by atoms with Crippen LogP contribution in [-0.2, 0) is 6.42 Å². The van der Waals surface area contributed by atoms with Crippen molar-refractivity contribution in [3.05, 3.63) is 58.0 Å². The molecule has 0 atom stereocenters. The molecule has 0 bridgehead atoms. The number of aliphatic imine (C=N–C) groups is 1. The van der Waals surface area contributed by atoms with E-state index in [0.717, 1.165) is 40.0 Å². The first kappa shape index (κ1) is 23.9. The second-order valence-electron chi connectivity index (χ2n) is 5.41. The molecule has 2 aromatic rings. The summed E-state index contributed by atoms with van der Waals surface area (Å²) in [7, 11) is 0. The summed E-state index contributed by atoms with van der Waals surface area (Å²) in [5.74, 6) is 0. The quantitative estimate of drug-likeness (QED) is 0.228. The van der Waals surface area contributed by atoms with Gasteiger partial charge in [-0.3, -0.25) is 5.43 Å². The number of aryl methyl sites for hydroxylation is 1. The van der Waals surface area contributed by atoms with Crippen LogP contribution in [0.4, 0.5) is 11.4 Å². The van der Waals surface area contributed by atoms with Gasteiger partial charge in [-0.15, -0.1) is 11.1 Å². The van der Waals surface area contributed by atoms with Crippen LogP contribution in [0.15, 0.2) is 34.4 Å². The fourth-order valence-electron chi connectivity index (χ4n) is 2.51. The van der Waals surface area contributed by atoms with Gasteiger partial charge in [-0.05, 0) is 24.6 Å². The molecule has 0 amide bonds. The van der Waals surface area contributed by atoms with Gasteiger partial charge >= 0.3 is 31.1 Å². The topological polar surface area (TPSA) is 101 Å². The Bertz CT molecular complexity index is 824. The van der Waals surface area contributed by atoms with Crippen molar-refractivity contribution < 1.29 is 31.1 Å². The summed E-state index contributed by atoms with van der Waals surface area (Å²) in [6.45, 7) is 13.3. The Morgan fingerprint density at radius 1 is 1.31 bits per heavy atom. The van der Waals surface area contributed by atoms with Crippen molar-refractivity contribution in [2.45, 2.75) is 20.3 Å². The van der Waals surface area contributed by atoms with Crippen molar-refractivity contribution in [1.29, 1.82) is 0 Å². The van der Waals surface area contributed by atoms with Crippen molar-refractivity contribution in [3.8, 4) is 17.7 Å². The molecular weight excluding hydrogens is 550 g/mol. The molecule has 6 nitrogen and oxygen atoms in total. The summed E-state index contributed by atoms with van der Waals surface area (Å²) in [5.41, 5.74) is 15.2. The molecule has 0 heterocycles. The standard InChI is InChI=1S/C19H21N5.H2N.U/c1-13-5-6-16(9-15(13)7-8-21-3)17-10-18(23-12-20)14(2)19(11-17)24-22-4;;/h3,6,9-12,24H,4,7-8H2,1-2H3,(H2,20,23);1H2;/q;-1;+2. The Morgan fingerprint density at radius 2 is 2.04 bits per heavy atom. The van der Waals surface area contributed by atoms with Gasteiger partial charge in [0.25, 0.3) is 13.1 Å². The third-order valence-electron chi connectivity index (χ3n) is 3.89. The predicted molar refractivity (Wildman–Crippen MR) is 108 cm³/mol. The van der Waals surface area contributed by atoms with E-state index in [1.54, 1.807) is 0 Å². The summed E-state index contributed by atoms with van der Waals surface area (Å²) < 4.78 is 0. The van der Waals surface area contributed by atoms with E-state index in [1.165, 1.54) is 11.9 Å². The van der Waals surface area contributed by atoms with E-state index in [0.29, 0.717) is 6.54 Å². The SMILES string of the molecule is C#[N+]CCc1cc(-c2cc(N=CN)c(C)c(NN=C)c2)c[c-]c1C.[NH2-].[U+2]. The maximum atomic E-state index is 5.46. The van der Waals surface area contributed by atoms with Crippen LogP contribution in [-0.4, -0.2) is 19.6 Å². The number of hydrazone groups is 1.